The average molecular weight is 481 g/mol. The van der Waals surface area contributed by atoms with Crippen molar-refractivity contribution in [1.82, 2.24) is 0 Å². The molecule has 0 heterocycles. The van der Waals surface area contributed by atoms with E-state index in [1.807, 2.05) is 0 Å². The second kappa shape index (κ2) is 6.60. The third-order valence-corrected chi connectivity index (χ3v) is 67.5. The van der Waals surface area contributed by atoms with Crippen LogP contribution < -0.4 is 0 Å². The Morgan fingerprint density at radius 1 is 0.533 bits per heavy atom. The summed E-state index contributed by atoms with van der Waals surface area (Å²) in [6.07, 6.45) is 0. The maximum Gasteiger partial charge on any atom is -0.00775 e. The van der Waals surface area contributed by atoms with Crippen LogP contribution in [0.4, 0.5) is 0 Å². The smallest absolute Gasteiger partial charge is 0.00775 e. The van der Waals surface area contributed by atoms with Crippen LogP contribution in [-0.2, 0) is 142 Å². The number of hydrogen-bond donors (Lipinski definition) is 0. The van der Waals surface area contributed by atoms with Crippen LogP contribution in [0.3, 0.4) is 0 Å². The van der Waals surface area contributed by atoms with Gasteiger partial charge in [-0.3, -0.25) is 14.1 Å². The molecule has 0 nitrogen and oxygen atoms in total. The Balaban J connectivity index is 6.54. The molecule has 0 saturated heterocycles. The van der Waals surface area contributed by atoms with Gasteiger partial charge in [0.1, 0.15) is 0 Å². The van der Waals surface area contributed by atoms with Crippen LogP contribution in [-0.4, -0.2) is 0 Å². The molecule has 0 radical (unpaired) electrons. The van der Waals surface area contributed by atoms with Gasteiger partial charge in [0.05, 0.1) is 0 Å². The molecule has 92 valence electrons. The molecule has 0 aromatic rings. The fraction of sp³-hybridized carbons (Fsp3) is 0. The van der Waals surface area contributed by atoms with E-state index in [1.54, 1.807) is 0 Å². The minimum absolute atomic E-state index is 1.05. The Morgan fingerprint density at radius 2 is 0.733 bits per heavy atom. The predicted octanol–water partition coefficient (Wildman–Crippen LogP) is -0.0360. The van der Waals surface area contributed by atoms with Crippen LogP contribution in [0.5, 0.6) is 0 Å². The van der Waals surface area contributed by atoms with Gasteiger partial charge in [0, 0.05) is 0 Å². The lowest BCUT2D eigenvalue weighted by molar-refractivity contribution is 5.18. The molecule has 0 spiro atoms. The number of rotatable bonds is 4. The topological polar surface area (TPSA) is 0 Å². The van der Waals surface area contributed by atoms with Crippen LogP contribution in [0.1, 0.15) is 0 Å². The van der Waals surface area contributed by atoms with Gasteiger partial charge in [-0.2, -0.15) is 0 Å². The van der Waals surface area contributed by atoms with E-state index in [9.17, 15) is 0 Å². The van der Waals surface area contributed by atoms with Crippen LogP contribution in [0.15, 0.2) is 0 Å². The maximum atomic E-state index is 5.27. The average Bonchev–Trinajstić information content (AvgIpc) is 2.02. The quantitative estimate of drug-likeness (QED) is 0.395. The largest absolute Gasteiger partial charge is 0.271 e. The van der Waals surface area contributed by atoms with E-state index in [0.29, 0.717) is 0 Å². The van der Waals surface area contributed by atoms with Crippen molar-refractivity contribution in [2.75, 3.05) is 0 Å². The summed E-state index contributed by atoms with van der Waals surface area (Å²) in [5.74, 6) is 0. The van der Waals surface area contributed by atoms with Gasteiger partial charge in [-0.25, -0.2) is 44.8 Å². The van der Waals surface area contributed by atoms with Crippen molar-refractivity contribution < 1.29 is 0 Å². The fourth-order valence-electron chi connectivity index (χ4n) is 0.238. The molecule has 0 aliphatic heterocycles. The van der Waals surface area contributed by atoms with Crippen molar-refractivity contribution >= 4 is 142 Å². The van der Waals surface area contributed by atoms with E-state index in [-0.39, 0.29) is 0 Å². The van der Waals surface area contributed by atoms with Gasteiger partial charge < -0.3 is 0 Å². The zero-order valence-electron chi connectivity index (χ0n) is 6.12. The Kier molecular flexibility index (Phi) is 8.34. The molecule has 0 atom stereocenters. The van der Waals surface area contributed by atoms with Crippen molar-refractivity contribution in [2.24, 2.45) is 0 Å². The van der Waals surface area contributed by atoms with Crippen LogP contribution in [0, 0.1) is 0 Å². The van der Waals surface area contributed by atoms with E-state index in [2.05, 4.69) is 0 Å². The molecule has 0 aromatic heterocycles. The standard InChI is InChI=1S/S15/c1-11(2)13(5,6)15(9,10)14(7,8)12(3)4/q-2. The Labute approximate surface area is 138 Å². The van der Waals surface area contributed by atoms with Gasteiger partial charge in [-0.05, 0) is 27.6 Å². The highest BCUT2D eigenvalue weighted by molar-refractivity contribution is 9.56. The first-order chi connectivity index (χ1) is 6.39. The van der Waals surface area contributed by atoms with Crippen molar-refractivity contribution in [2.45, 2.75) is 0 Å². The van der Waals surface area contributed by atoms with Crippen LogP contribution >= 0.6 is 0 Å². The normalized spacial score (nSPS) is 14.5. The molecule has 0 aliphatic rings. The van der Waals surface area contributed by atoms with Crippen LogP contribution in [0.2, 0.25) is 0 Å². The molecule has 0 unspecified atom stereocenters. The first kappa shape index (κ1) is 19.0. The third-order valence-electron chi connectivity index (χ3n) is 0.833. The van der Waals surface area contributed by atoms with Gasteiger partial charge in [0.25, 0.3) is 0 Å². The van der Waals surface area contributed by atoms with E-state index in [4.69, 9.17) is 112 Å². The van der Waals surface area contributed by atoms with Gasteiger partial charge in [-0.15, -0.1) is 0 Å². The van der Waals surface area contributed by atoms with Crippen LogP contribution in [0.25, 0.3) is 0 Å². The summed E-state index contributed by atoms with van der Waals surface area (Å²) in [6, 6.07) is 0. The molecule has 0 fully saturated rings. The minimum Gasteiger partial charge on any atom is -0.271 e. The highest BCUT2D eigenvalue weighted by Crippen LogP contribution is 2.19. The number of hydrogen-bond acceptors (Lipinski definition) is 12. The highest BCUT2D eigenvalue weighted by atomic mass is 34.3. The maximum absolute atomic E-state index is 5.27. The van der Waals surface area contributed by atoms with Gasteiger partial charge in [0.15, 0.2) is 0 Å². The Morgan fingerprint density at radius 3 is 0.867 bits per heavy atom. The summed E-state index contributed by atoms with van der Waals surface area (Å²) >= 11 is 51.1. The summed E-state index contributed by atoms with van der Waals surface area (Å²) < 4.78 is 0. The molecular weight excluding hydrogens is 481 g/mol. The first-order valence-corrected chi connectivity index (χ1v) is 21.0. The van der Waals surface area contributed by atoms with Gasteiger partial charge in [-0.1, -0.05) is 55.2 Å². The summed E-state index contributed by atoms with van der Waals surface area (Å²) in [7, 11) is -2.10. The monoisotopic (exact) mass is 480 g/mol. The van der Waals surface area contributed by atoms with Gasteiger partial charge in [0.2, 0.25) is 0 Å². The summed E-state index contributed by atoms with van der Waals surface area (Å²) in [5.41, 5.74) is 0. The van der Waals surface area contributed by atoms with E-state index < -0.39 is 29.7 Å². The van der Waals surface area contributed by atoms with Gasteiger partial charge >= 0.3 is 0 Å². The zero-order chi connectivity index (χ0) is 12.7. The Bertz CT molecular complexity index is 611. The van der Waals surface area contributed by atoms with E-state index in [0.717, 1.165) is 0 Å². The molecular formula is S15-2. The summed E-state index contributed by atoms with van der Waals surface area (Å²) in [4.78, 5) is 0. The lowest BCUT2D eigenvalue weighted by Gasteiger charge is -2.28. The fourth-order valence-corrected chi connectivity index (χ4v) is 57.9. The van der Waals surface area contributed by atoms with Crippen molar-refractivity contribution in [3.05, 3.63) is 0 Å². The van der Waals surface area contributed by atoms with Crippen molar-refractivity contribution in [3.63, 3.8) is 0 Å². The zero-order valence-corrected chi connectivity index (χ0v) is 18.4. The molecule has 0 aromatic carbocycles. The SMILES string of the molecule is S=[S-](=S)S(=S)(=S)S(=S)(=S)S(=S)(=S)[S-](=S)=S. The summed E-state index contributed by atoms with van der Waals surface area (Å²) in [5, 5.41) is -7.12. The molecule has 15 heteroatoms. The molecule has 0 aliphatic carbocycles. The van der Waals surface area contributed by atoms with E-state index in [1.165, 1.54) is 0 Å². The lowest BCUT2D eigenvalue weighted by atomic mass is 29.9. The Hall–Kier alpha value is 3.95. The van der Waals surface area contributed by atoms with Crippen molar-refractivity contribution in [1.29, 1.82) is 0 Å². The molecule has 0 amide bonds. The molecule has 0 saturated carbocycles. The van der Waals surface area contributed by atoms with Crippen molar-refractivity contribution in [3.8, 4) is 0 Å². The third kappa shape index (κ3) is 3.96. The van der Waals surface area contributed by atoms with E-state index >= 15 is 0 Å². The summed E-state index contributed by atoms with van der Waals surface area (Å²) in [6.45, 7) is 0. The molecule has 15 heavy (non-hydrogen) atoms. The molecule has 0 bridgehead atoms. The predicted molar refractivity (Wildman–Crippen MR) is 110 cm³/mol. The first-order valence-electron chi connectivity index (χ1n) is 2.33. The minimum atomic E-state index is -2.44. The second-order valence-corrected chi connectivity index (χ2v) is 44.1. The lowest BCUT2D eigenvalue weighted by Crippen LogP contribution is -2.19. The second-order valence-electron chi connectivity index (χ2n) is 1.63. The molecule has 0 rings (SSSR count). The highest BCUT2D eigenvalue weighted by Gasteiger charge is 2.11. The molecule has 0 N–H and O–H groups in total.